The number of rotatable bonds is 6. The molecule has 0 radical (unpaired) electrons. The fourth-order valence-corrected chi connectivity index (χ4v) is 4.83. The van der Waals surface area contributed by atoms with E-state index in [1.807, 2.05) is 29.5 Å². The first-order valence-electron chi connectivity index (χ1n) is 6.66. The summed E-state index contributed by atoms with van der Waals surface area (Å²) >= 11 is 1.68. The topological polar surface area (TPSA) is 66.5 Å². The summed E-state index contributed by atoms with van der Waals surface area (Å²) in [6.07, 6.45) is 1.46. The van der Waals surface area contributed by atoms with Crippen molar-refractivity contribution < 1.29 is 13.2 Å². The quantitative estimate of drug-likeness (QED) is 0.831. The number of sulfone groups is 1. The van der Waals surface area contributed by atoms with Crippen molar-refractivity contribution in [3.63, 3.8) is 0 Å². The summed E-state index contributed by atoms with van der Waals surface area (Å²) in [6.45, 7) is 0.876. The average Bonchev–Trinajstić information content (AvgIpc) is 2.98. The van der Waals surface area contributed by atoms with E-state index in [-0.39, 0.29) is 30.0 Å². The molecule has 0 aliphatic carbocycles. The van der Waals surface area contributed by atoms with Gasteiger partial charge in [-0.2, -0.15) is 0 Å². The van der Waals surface area contributed by atoms with Gasteiger partial charge in [0.1, 0.15) is 0 Å². The Hall–Kier alpha value is -0.920. The number of nitrogens with zero attached hydrogens (tertiary/aromatic N) is 1. The largest absolute Gasteiger partial charge is 0.355 e. The molecule has 0 spiro atoms. The molecule has 2 rings (SSSR count). The van der Waals surface area contributed by atoms with Gasteiger partial charge in [-0.1, -0.05) is 6.07 Å². The lowest BCUT2D eigenvalue weighted by molar-refractivity contribution is -0.122. The molecule has 0 saturated carbocycles. The fourth-order valence-electron chi connectivity index (χ4n) is 2.31. The fraction of sp³-hybridized carbons (Fsp3) is 0.615. The van der Waals surface area contributed by atoms with Gasteiger partial charge in [-0.15, -0.1) is 11.3 Å². The molecule has 2 heterocycles. The van der Waals surface area contributed by atoms with E-state index >= 15 is 0 Å². The molecular weight excluding hydrogens is 296 g/mol. The van der Waals surface area contributed by atoms with Gasteiger partial charge >= 0.3 is 0 Å². The van der Waals surface area contributed by atoms with E-state index in [1.165, 1.54) is 4.88 Å². The van der Waals surface area contributed by atoms with Gasteiger partial charge in [0.05, 0.1) is 18.1 Å². The normalized spacial score (nSPS) is 21.2. The number of hydrogen-bond donors (Lipinski definition) is 1. The Morgan fingerprint density at radius 1 is 1.55 bits per heavy atom. The van der Waals surface area contributed by atoms with Crippen LogP contribution in [-0.4, -0.2) is 56.9 Å². The number of thiophene rings is 1. The first-order chi connectivity index (χ1) is 9.46. The molecule has 1 atom stereocenters. The first kappa shape index (κ1) is 15.5. The van der Waals surface area contributed by atoms with E-state index in [2.05, 4.69) is 5.32 Å². The van der Waals surface area contributed by atoms with E-state index in [0.717, 1.165) is 6.42 Å². The van der Waals surface area contributed by atoms with E-state index < -0.39 is 9.84 Å². The van der Waals surface area contributed by atoms with Crippen LogP contribution in [0.25, 0.3) is 0 Å². The molecule has 1 amide bonds. The number of likely N-dealkylation sites (N-methyl/N-ethyl adjacent to an activating group) is 1. The lowest BCUT2D eigenvalue weighted by Gasteiger charge is -2.22. The highest BCUT2D eigenvalue weighted by atomic mass is 32.2. The summed E-state index contributed by atoms with van der Waals surface area (Å²) < 4.78 is 22.8. The van der Waals surface area contributed by atoms with Crippen LogP contribution in [0.5, 0.6) is 0 Å². The summed E-state index contributed by atoms with van der Waals surface area (Å²) in [6, 6.07) is 4.02. The number of hydrogen-bond acceptors (Lipinski definition) is 5. The van der Waals surface area contributed by atoms with E-state index in [9.17, 15) is 13.2 Å². The Labute approximate surface area is 123 Å². The van der Waals surface area contributed by atoms with Gasteiger partial charge in [-0.05, 0) is 31.3 Å². The highest BCUT2D eigenvalue weighted by molar-refractivity contribution is 7.91. The lowest BCUT2D eigenvalue weighted by Crippen LogP contribution is -2.41. The number of carbonyl (C=O) groups is 1. The smallest absolute Gasteiger partial charge is 0.234 e. The monoisotopic (exact) mass is 316 g/mol. The third-order valence-corrected chi connectivity index (χ3v) is 6.18. The summed E-state index contributed by atoms with van der Waals surface area (Å²) in [5, 5.41) is 4.89. The van der Waals surface area contributed by atoms with Crippen molar-refractivity contribution in [1.29, 1.82) is 0 Å². The van der Waals surface area contributed by atoms with Gasteiger partial charge in [0.2, 0.25) is 5.91 Å². The van der Waals surface area contributed by atoms with E-state index in [0.29, 0.717) is 13.0 Å². The summed E-state index contributed by atoms with van der Waals surface area (Å²) in [5.41, 5.74) is 0. The SMILES string of the molecule is CN(CC(=O)NCCc1cccs1)C1CCS(=O)(=O)C1. The second-order valence-corrected chi connectivity index (χ2v) is 8.41. The highest BCUT2D eigenvalue weighted by Crippen LogP contribution is 2.16. The Morgan fingerprint density at radius 2 is 2.35 bits per heavy atom. The molecule has 1 saturated heterocycles. The van der Waals surface area contributed by atoms with Crippen molar-refractivity contribution >= 4 is 27.1 Å². The molecule has 1 fully saturated rings. The van der Waals surface area contributed by atoms with Gasteiger partial charge in [-0.3, -0.25) is 9.69 Å². The molecule has 1 unspecified atom stereocenters. The molecular formula is C13H20N2O3S2. The van der Waals surface area contributed by atoms with Gasteiger partial charge in [0, 0.05) is 17.5 Å². The van der Waals surface area contributed by atoms with E-state index in [4.69, 9.17) is 0 Å². The summed E-state index contributed by atoms with van der Waals surface area (Å²) in [5.74, 6) is 0.363. The van der Waals surface area contributed by atoms with Crippen LogP contribution in [0.3, 0.4) is 0 Å². The van der Waals surface area contributed by atoms with Crippen LogP contribution in [0.15, 0.2) is 17.5 Å². The first-order valence-corrected chi connectivity index (χ1v) is 9.36. The van der Waals surface area contributed by atoms with Crippen molar-refractivity contribution in [3.8, 4) is 0 Å². The number of amides is 1. The van der Waals surface area contributed by atoms with Crippen molar-refractivity contribution in [3.05, 3.63) is 22.4 Å². The van der Waals surface area contributed by atoms with Crippen LogP contribution in [0.4, 0.5) is 0 Å². The van der Waals surface area contributed by atoms with Crippen LogP contribution in [-0.2, 0) is 21.1 Å². The molecule has 1 aliphatic rings. The Balaban J connectivity index is 1.69. The van der Waals surface area contributed by atoms with Crippen LogP contribution in [0.1, 0.15) is 11.3 Å². The highest BCUT2D eigenvalue weighted by Gasteiger charge is 2.31. The van der Waals surface area contributed by atoms with Crippen LogP contribution >= 0.6 is 11.3 Å². The Kier molecular flexibility index (Phi) is 5.17. The lowest BCUT2D eigenvalue weighted by atomic mass is 10.2. The summed E-state index contributed by atoms with van der Waals surface area (Å²) in [7, 11) is -1.08. The van der Waals surface area contributed by atoms with Gasteiger partial charge < -0.3 is 5.32 Å². The van der Waals surface area contributed by atoms with Crippen molar-refractivity contribution in [2.45, 2.75) is 18.9 Å². The number of carbonyl (C=O) groups excluding carboxylic acids is 1. The molecule has 1 aromatic rings. The maximum absolute atomic E-state index is 11.8. The molecule has 112 valence electrons. The zero-order valence-corrected chi connectivity index (χ0v) is 13.2. The van der Waals surface area contributed by atoms with Crippen LogP contribution in [0, 0.1) is 0 Å². The minimum absolute atomic E-state index is 0.0250. The summed E-state index contributed by atoms with van der Waals surface area (Å²) in [4.78, 5) is 14.9. The Bertz CT molecular complexity index is 540. The van der Waals surface area contributed by atoms with Crippen LogP contribution < -0.4 is 5.32 Å². The second-order valence-electron chi connectivity index (χ2n) is 5.15. The average molecular weight is 316 g/mol. The number of nitrogens with one attached hydrogen (secondary N) is 1. The molecule has 5 nitrogen and oxygen atoms in total. The maximum atomic E-state index is 11.8. The zero-order chi connectivity index (χ0) is 14.6. The molecule has 0 bridgehead atoms. The zero-order valence-electron chi connectivity index (χ0n) is 11.5. The Morgan fingerprint density at radius 3 is 2.95 bits per heavy atom. The molecule has 1 aromatic heterocycles. The maximum Gasteiger partial charge on any atom is 0.234 e. The molecule has 7 heteroatoms. The van der Waals surface area contributed by atoms with Crippen molar-refractivity contribution in [2.75, 3.05) is 31.6 Å². The van der Waals surface area contributed by atoms with Gasteiger partial charge in [0.25, 0.3) is 0 Å². The second kappa shape index (κ2) is 6.69. The molecule has 20 heavy (non-hydrogen) atoms. The minimum Gasteiger partial charge on any atom is -0.355 e. The van der Waals surface area contributed by atoms with Crippen LogP contribution in [0.2, 0.25) is 0 Å². The predicted molar refractivity (Wildman–Crippen MR) is 80.7 cm³/mol. The molecule has 1 aliphatic heterocycles. The molecule has 1 N–H and O–H groups in total. The minimum atomic E-state index is -2.89. The predicted octanol–water partition coefficient (Wildman–Crippen LogP) is 0.526. The molecule has 0 aromatic carbocycles. The van der Waals surface area contributed by atoms with Gasteiger partial charge in [0.15, 0.2) is 9.84 Å². The van der Waals surface area contributed by atoms with Gasteiger partial charge in [-0.25, -0.2) is 8.42 Å². The standard InChI is InChI=1S/C13H20N2O3S2/c1-15(11-5-8-20(17,18)10-11)9-13(16)14-6-4-12-3-2-7-19-12/h2-3,7,11H,4-6,8-10H2,1H3,(H,14,16). The third-order valence-electron chi connectivity index (χ3n) is 3.50. The van der Waals surface area contributed by atoms with E-state index in [1.54, 1.807) is 11.3 Å². The third kappa shape index (κ3) is 4.57. The van der Waals surface area contributed by atoms with Crippen molar-refractivity contribution in [2.24, 2.45) is 0 Å². The van der Waals surface area contributed by atoms with Crippen molar-refractivity contribution in [1.82, 2.24) is 10.2 Å².